The predicted octanol–water partition coefficient (Wildman–Crippen LogP) is 5.47. The van der Waals surface area contributed by atoms with E-state index in [-0.39, 0.29) is 30.5 Å². The molecule has 1 fully saturated rings. The fourth-order valence-electron chi connectivity index (χ4n) is 5.75. The lowest BCUT2D eigenvalue weighted by atomic mass is 9.73. The molecule has 3 aliphatic rings. The number of methoxy groups -OCH3 is 1. The molecule has 1 N–H and O–H groups in total. The van der Waals surface area contributed by atoms with Crippen LogP contribution >= 0.6 is 0 Å². The lowest BCUT2D eigenvalue weighted by Gasteiger charge is -2.36. The number of Topliss-reactive ketones (excluding diaryl/α,β-unsaturated/α-hetero) is 1. The number of hydrogen-bond donors (Lipinski definition) is 1. The lowest BCUT2D eigenvalue weighted by Crippen LogP contribution is -2.36. The lowest BCUT2D eigenvalue weighted by molar-refractivity contribution is -0.142. The van der Waals surface area contributed by atoms with E-state index in [1.54, 1.807) is 7.11 Å². The van der Waals surface area contributed by atoms with E-state index in [1.807, 2.05) is 58.0 Å². The van der Waals surface area contributed by atoms with E-state index in [9.17, 15) is 9.59 Å². The van der Waals surface area contributed by atoms with Gasteiger partial charge in [0.1, 0.15) is 18.1 Å². The van der Waals surface area contributed by atoms with Gasteiger partial charge in [-0.15, -0.1) is 0 Å². The molecular formula is C31H37NO7. The summed E-state index contributed by atoms with van der Waals surface area (Å²) in [5, 5.41) is 3.39. The number of ether oxygens (including phenoxy) is 4. The molecule has 8 heteroatoms. The summed E-state index contributed by atoms with van der Waals surface area (Å²) in [5.41, 5.74) is 3.45. The zero-order chi connectivity index (χ0) is 27.7. The highest BCUT2D eigenvalue weighted by molar-refractivity contribution is 6.04. The van der Waals surface area contributed by atoms with E-state index in [2.05, 4.69) is 5.32 Å². The topological polar surface area (TPSA) is 96.2 Å². The average molecular weight is 536 g/mol. The molecule has 39 heavy (non-hydrogen) atoms. The normalized spacial score (nSPS) is 23.1. The maximum atomic E-state index is 13.8. The molecule has 8 nitrogen and oxygen atoms in total. The molecule has 2 aliphatic heterocycles. The largest absolute Gasteiger partial charge is 0.493 e. The van der Waals surface area contributed by atoms with Crippen molar-refractivity contribution in [2.24, 2.45) is 0 Å². The van der Waals surface area contributed by atoms with Crippen molar-refractivity contribution >= 4 is 11.8 Å². The van der Waals surface area contributed by atoms with E-state index in [0.717, 1.165) is 24.1 Å². The first-order chi connectivity index (χ1) is 18.7. The molecule has 1 aliphatic carbocycles. The van der Waals surface area contributed by atoms with Crippen molar-refractivity contribution in [3.8, 4) is 11.5 Å². The monoisotopic (exact) mass is 535 g/mol. The molecule has 5 rings (SSSR count). The minimum absolute atomic E-state index is 0.0173. The summed E-state index contributed by atoms with van der Waals surface area (Å²) in [6.45, 7) is 8.52. The highest BCUT2D eigenvalue weighted by atomic mass is 16.6. The Morgan fingerprint density at radius 1 is 1.13 bits per heavy atom. The minimum Gasteiger partial charge on any atom is -0.493 e. The smallest absolute Gasteiger partial charge is 0.336 e. The number of aryl methyl sites for hydroxylation is 1. The van der Waals surface area contributed by atoms with Crippen LogP contribution in [0, 0.1) is 6.92 Å². The van der Waals surface area contributed by atoms with Crippen molar-refractivity contribution in [3.05, 3.63) is 70.0 Å². The molecule has 1 saturated heterocycles. The van der Waals surface area contributed by atoms with Crippen LogP contribution in [0.25, 0.3) is 0 Å². The number of carbonyl (C=O) groups is 2. The zero-order valence-corrected chi connectivity index (χ0v) is 23.3. The molecule has 0 unspecified atom stereocenters. The van der Waals surface area contributed by atoms with Crippen molar-refractivity contribution in [1.82, 2.24) is 5.32 Å². The summed E-state index contributed by atoms with van der Waals surface area (Å²) in [7, 11) is 1.62. The molecule has 2 aromatic rings. The van der Waals surface area contributed by atoms with Gasteiger partial charge in [0.2, 0.25) is 0 Å². The molecule has 3 heterocycles. The number of rotatable bonds is 8. The van der Waals surface area contributed by atoms with Crippen molar-refractivity contribution in [1.29, 1.82) is 0 Å². The Morgan fingerprint density at radius 2 is 1.95 bits per heavy atom. The van der Waals surface area contributed by atoms with Gasteiger partial charge in [0, 0.05) is 30.0 Å². The van der Waals surface area contributed by atoms with E-state index in [1.165, 1.54) is 0 Å². The SMILES string of the molecule is COc1cc([C@@H]2CC(=O)C3=C(C2)NC(C)=C(C(=O)OC[C@@H]2CCCO2)[C@@H]3c2ccc(C)o2)ccc1OC(C)C. The minimum atomic E-state index is -0.628. The second kappa shape index (κ2) is 11.3. The van der Waals surface area contributed by atoms with Gasteiger partial charge < -0.3 is 28.7 Å². The number of hydrogen-bond acceptors (Lipinski definition) is 8. The third-order valence-corrected chi connectivity index (χ3v) is 7.54. The third kappa shape index (κ3) is 5.62. The maximum Gasteiger partial charge on any atom is 0.336 e. The van der Waals surface area contributed by atoms with Gasteiger partial charge in [-0.05, 0) is 82.7 Å². The number of ketones is 1. The molecule has 1 aromatic heterocycles. The van der Waals surface area contributed by atoms with Crippen LogP contribution in [0.5, 0.6) is 11.5 Å². The fourth-order valence-corrected chi connectivity index (χ4v) is 5.75. The molecular weight excluding hydrogens is 498 g/mol. The molecule has 3 atom stereocenters. The molecule has 0 bridgehead atoms. The van der Waals surface area contributed by atoms with E-state index < -0.39 is 11.9 Å². The van der Waals surface area contributed by atoms with Gasteiger partial charge in [0.15, 0.2) is 17.3 Å². The van der Waals surface area contributed by atoms with Crippen LogP contribution < -0.4 is 14.8 Å². The summed E-state index contributed by atoms with van der Waals surface area (Å²) in [5.74, 6) is 1.43. The predicted molar refractivity (Wildman–Crippen MR) is 145 cm³/mol. The van der Waals surface area contributed by atoms with Crippen LogP contribution in [0.3, 0.4) is 0 Å². The summed E-state index contributed by atoms with van der Waals surface area (Å²) in [6.07, 6.45) is 2.68. The number of allylic oxidation sites excluding steroid dienone is 3. The van der Waals surface area contributed by atoms with Crippen LogP contribution in [0.4, 0.5) is 0 Å². The first-order valence-electron chi connectivity index (χ1n) is 13.7. The highest BCUT2D eigenvalue weighted by Crippen LogP contribution is 2.47. The molecule has 208 valence electrons. The Morgan fingerprint density at radius 3 is 2.62 bits per heavy atom. The second-order valence-corrected chi connectivity index (χ2v) is 10.8. The van der Waals surface area contributed by atoms with Gasteiger partial charge in [0.05, 0.1) is 30.8 Å². The zero-order valence-electron chi connectivity index (χ0n) is 23.3. The number of furan rings is 1. The number of benzene rings is 1. The van der Waals surface area contributed by atoms with Gasteiger partial charge in [0.25, 0.3) is 0 Å². The van der Waals surface area contributed by atoms with Crippen molar-refractivity contribution < 1.29 is 33.0 Å². The van der Waals surface area contributed by atoms with E-state index >= 15 is 0 Å². The van der Waals surface area contributed by atoms with Crippen LogP contribution in [0.1, 0.15) is 75.4 Å². The summed E-state index contributed by atoms with van der Waals surface area (Å²) >= 11 is 0. The maximum absolute atomic E-state index is 13.8. The van der Waals surface area contributed by atoms with Crippen molar-refractivity contribution in [3.63, 3.8) is 0 Å². The molecule has 0 saturated carbocycles. The third-order valence-electron chi connectivity index (χ3n) is 7.54. The van der Waals surface area contributed by atoms with Gasteiger partial charge in [-0.25, -0.2) is 4.79 Å². The van der Waals surface area contributed by atoms with Crippen LogP contribution in [-0.4, -0.2) is 44.3 Å². The highest BCUT2D eigenvalue weighted by Gasteiger charge is 2.43. The first kappa shape index (κ1) is 27.1. The Labute approximate surface area is 229 Å². The molecule has 1 aromatic carbocycles. The molecule has 0 spiro atoms. The average Bonchev–Trinajstić information content (AvgIpc) is 3.58. The van der Waals surface area contributed by atoms with Crippen molar-refractivity contribution in [2.75, 3.05) is 20.3 Å². The van der Waals surface area contributed by atoms with Gasteiger partial charge in [-0.1, -0.05) is 6.07 Å². The summed E-state index contributed by atoms with van der Waals surface area (Å²) in [4.78, 5) is 27.2. The number of nitrogens with one attached hydrogen (secondary N) is 1. The second-order valence-electron chi connectivity index (χ2n) is 10.8. The van der Waals surface area contributed by atoms with E-state index in [4.69, 9.17) is 23.4 Å². The summed E-state index contributed by atoms with van der Waals surface area (Å²) in [6, 6.07) is 9.54. The fraction of sp³-hybridized carbons (Fsp3) is 0.484. The van der Waals surface area contributed by atoms with Crippen LogP contribution in [0.2, 0.25) is 0 Å². The summed E-state index contributed by atoms with van der Waals surface area (Å²) < 4.78 is 28.8. The number of dihydropyridines is 1. The van der Waals surface area contributed by atoms with Gasteiger partial charge in [-0.2, -0.15) is 0 Å². The quantitative estimate of drug-likeness (QED) is 0.445. The molecule has 0 amide bonds. The van der Waals surface area contributed by atoms with Crippen LogP contribution in [-0.2, 0) is 19.1 Å². The van der Waals surface area contributed by atoms with Crippen molar-refractivity contribution in [2.45, 2.75) is 77.4 Å². The first-order valence-corrected chi connectivity index (χ1v) is 13.7. The Bertz CT molecular complexity index is 1310. The Kier molecular flexibility index (Phi) is 7.84. The standard InChI is InChI=1S/C31H37NO7/c1-17(2)38-25-11-9-20(15-27(25)35-5)21-13-23-29(24(33)14-21)30(26-10-8-18(3)39-26)28(19(4)32-23)31(34)37-16-22-7-6-12-36-22/h8-11,15,17,21-22,30,32H,6-7,12-14,16H2,1-5H3/t21-,22-,30-/m0/s1. The van der Waals surface area contributed by atoms with Crippen LogP contribution in [0.15, 0.2) is 57.3 Å². The Balaban J connectivity index is 1.45. The van der Waals surface area contributed by atoms with Gasteiger partial charge >= 0.3 is 5.97 Å². The molecule has 0 radical (unpaired) electrons. The van der Waals surface area contributed by atoms with E-state index in [0.29, 0.717) is 59.3 Å². The number of carbonyl (C=O) groups excluding carboxylic acids is 2. The van der Waals surface area contributed by atoms with Gasteiger partial charge in [-0.3, -0.25) is 4.79 Å². The number of esters is 1. The Hall–Kier alpha value is -3.52.